The van der Waals surface area contributed by atoms with Gasteiger partial charge in [0.15, 0.2) is 0 Å². The van der Waals surface area contributed by atoms with Crippen LogP contribution in [-0.2, 0) is 22.4 Å². The van der Waals surface area contributed by atoms with Crippen LogP contribution in [0.3, 0.4) is 0 Å². The SMILES string of the molecule is COC(=O)c1c(NC(=O)CSc2nnc(-c3ccccc3OC)o2)sc2c1CCC2. The first-order valence-corrected chi connectivity index (χ1v) is 11.0. The van der Waals surface area contributed by atoms with Crippen LogP contribution in [0.15, 0.2) is 33.9 Å². The van der Waals surface area contributed by atoms with E-state index in [0.717, 1.165) is 41.5 Å². The number of methoxy groups -OCH3 is 2. The third-order valence-corrected chi connectivity index (χ3v) is 6.66. The monoisotopic (exact) mass is 445 g/mol. The number of nitrogens with one attached hydrogen (secondary N) is 1. The number of carbonyl (C=O) groups is 2. The third kappa shape index (κ3) is 4.05. The number of benzene rings is 1. The molecule has 0 saturated heterocycles. The largest absolute Gasteiger partial charge is 0.496 e. The fourth-order valence-electron chi connectivity index (χ4n) is 3.30. The number of thioether (sulfide) groups is 1. The Labute approximate surface area is 181 Å². The zero-order chi connectivity index (χ0) is 21.1. The van der Waals surface area contributed by atoms with E-state index in [1.165, 1.54) is 18.4 Å². The molecule has 1 aliphatic carbocycles. The van der Waals surface area contributed by atoms with E-state index < -0.39 is 5.97 Å². The van der Waals surface area contributed by atoms with Crippen molar-refractivity contribution in [1.29, 1.82) is 0 Å². The highest BCUT2D eigenvalue weighted by Crippen LogP contribution is 2.39. The fraction of sp³-hybridized carbons (Fsp3) is 0.300. The summed E-state index contributed by atoms with van der Waals surface area (Å²) in [4.78, 5) is 25.8. The van der Waals surface area contributed by atoms with Gasteiger partial charge in [-0.3, -0.25) is 4.79 Å². The van der Waals surface area contributed by atoms with E-state index in [2.05, 4.69) is 15.5 Å². The van der Waals surface area contributed by atoms with Crippen molar-refractivity contribution in [2.45, 2.75) is 24.5 Å². The normalized spacial score (nSPS) is 12.5. The molecule has 0 atom stereocenters. The first-order valence-electron chi connectivity index (χ1n) is 9.23. The number of hydrogen-bond donors (Lipinski definition) is 1. The van der Waals surface area contributed by atoms with Crippen LogP contribution in [0.5, 0.6) is 5.75 Å². The minimum absolute atomic E-state index is 0.0662. The van der Waals surface area contributed by atoms with Crippen LogP contribution >= 0.6 is 23.1 Å². The minimum atomic E-state index is -0.421. The number of thiophene rings is 1. The summed E-state index contributed by atoms with van der Waals surface area (Å²) in [6, 6.07) is 7.32. The Balaban J connectivity index is 1.42. The number of hydrogen-bond acceptors (Lipinski definition) is 9. The van der Waals surface area contributed by atoms with Gasteiger partial charge in [0.05, 0.1) is 31.1 Å². The maximum Gasteiger partial charge on any atom is 0.341 e. The molecule has 4 rings (SSSR count). The molecule has 3 aromatic rings. The van der Waals surface area contributed by atoms with Crippen molar-refractivity contribution in [3.05, 3.63) is 40.3 Å². The summed E-state index contributed by atoms with van der Waals surface area (Å²) in [7, 11) is 2.91. The van der Waals surface area contributed by atoms with Crippen molar-refractivity contribution < 1.29 is 23.5 Å². The van der Waals surface area contributed by atoms with Crippen LogP contribution in [0, 0.1) is 0 Å². The van der Waals surface area contributed by atoms with E-state index in [0.29, 0.717) is 27.8 Å². The number of esters is 1. The Morgan fingerprint density at radius 2 is 2.07 bits per heavy atom. The van der Waals surface area contributed by atoms with E-state index >= 15 is 0 Å². The van der Waals surface area contributed by atoms with Gasteiger partial charge in [-0.1, -0.05) is 23.9 Å². The predicted octanol–water partition coefficient (Wildman–Crippen LogP) is 3.81. The summed E-state index contributed by atoms with van der Waals surface area (Å²) >= 11 is 2.56. The molecule has 0 unspecified atom stereocenters. The molecule has 8 nitrogen and oxygen atoms in total. The zero-order valence-electron chi connectivity index (χ0n) is 16.4. The van der Waals surface area contributed by atoms with Gasteiger partial charge in [-0.25, -0.2) is 4.79 Å². The van der Waals surface area contributed by atoms with Gasteiger partial charge in [-0.15, -0.1) is 21.5 Å². The molecule has 0 fully saturated rings. The van der Waals surface area contributed by atoms with Crippen LogP contribution in [0.1, 0.15) is 27.2 Å². The maximum absolute atomic E-state index is 12.5. The lowest BCUT2D eigenvalue weighted by atomic mass is 10.1. The van der Waals surface area contributed by atoms with Gasteiger partial charge in [0.2, 0.25) is 5.91 Å². The van der Waals surface area contributed by atoms with E-state index in [4.69, 9.17) is 13.9 Å². The van der Waals surface area contributed by atoms with Crippen molar-refractivity contribution in [2.24, 2.45) is 0 Å². The molecule has 1 aromatic carbocycles. The Bertz CT molecular complexity index is 1090. The van der Waals surface area contributed by atoms with Gasteiger partial charge < -0.3 is 19.2 Å². The van der Waals surface area contributed by atoms with Gasteiger partial charge in [0.1, 0.15) is 10.8 Å². The molecule has 10 heteroatoms. The second kappa shape index (κ2) is 8.88. The lowest BCUT2D eigenvalue weighted by Crippen LogP contribution is -2.16. The molecule has 0 saturated carbocycles. The number of aromatic nitrogens is 2. The topological polar surface area (TPSA) is 104 Å². The highest BCUT2D eigenvalue weighted by atomic mass is 32.2. The van der Waals surface area contributed by atoms with Crippen molar-refractivity contribution in [3.8, 4) is 17.2 Å². The third-order valence-electron chi connectivity index (χ3n) is 4.63. The Hall–Kier alpha value is -2.85. The number of fused-ring (bicyclic) bond motifs is 1. The lowest BCUT2D eigenvalue weighted by molar-refractivity contribution is -0.113. The van der Waals surface area contributed by atoms with Crippen LogP contribution in [0.2, 0.25) is 0 Å². The summed E-state index contributed by atoms with van der Waals surface area (Å²) in [6.07, 6.45) is 2.76. The van der Waals surface area contributed by atoms with Crippen molar-refractivity contribution in [3.63, 3.8) is 0 Å². The molecule has 30 heavy (non-hydrogen) atoms. The van der Waals surface area contributed by atoms with E-state index in [1.807, 2.05) is 18.2 Å². The Morgan fingerprint density at radius 3 is 2.87 bits per heavy atom. The molecule has 156 valence electrons. The quantitative estimate of drug-likeness (QED) is 0.432. The second-order valence-electron chi connectivity index (χ2n) is 6.46. The highest BCUT2D eigenvalue weighted by molar-refractivity contribution is 7.99. The number of rotatable bonds is 7. The molecule has 0 bridgehead atoms. The second-order valence-corrected chi connectivity index (χ2v) is 8.50. The number of nitrogens with zero attached hydrogens (tertiary/aromatic N) is 2. The van der Waals surface area contributed by atoms with Gasteiger partial charge in [-0.2, -0.15) is 0 Å². The van der Waals surface area contributed by atoms with Crippen LogP contribution < -0.4 is 10.1 Å². The number of ether oxygens (including phenoxy) is 2. The maximum atomic E-state index is 12.5. The number of anilines is 1. The van der Waals surface area contributed by atoms with Gasteiger partial charge in [0.25, 0.3) is 11.1 Å². The highest BCUT2D eigenvalue weighted by Gasteiger charge is 2.28. The van der Waals surface area contributed by atoms with Crippen molar-refractivity contribution >= 4 is 40.0 Å². The van der Waals surface area contributed by atoms with Crippen molar-refractivity contribution in [2.75, 3.05) is 25.3 Å². The average molecular weight is 446 g/mol. The molecule has 0 spiro atoms. The molecular weight excluding hydrogens is 426 g/mol. The first kappa shape index (κ1) is 20.4. The van der Waals surface area contributed by atoms with E-state index in [9.17, 15) is 9.59 Å². The predicted molar refractivity (Wildman–Crippen MR) is 113 cm³/mol. The smallest absolute Gasteiger partial charge is 0.341 e. The molecule has 1 amide bonds. The number of carbonyl (C=O) groups excluding carboxylic acids is 2. The molecule has 2 aromatic heterocycles. The van der Waals surface area contributed by atoms with Crippen molar-refractivity contribution in [1.82, 2.24) is 10.2 Å². The average Bonchev–Trinajstić information content (AvgIpc) is 3.48. The molecule has 0 aliphatic heterocycles. The molecular formula is C20H19N3O5S2. The molecule has 1 N–H and O–H groups in total. The molecule has 0 radical (unpaired) electrons. The summed E-state index contributed by atoms with van der Waals surface area (Å²) in [6.45, 7) is 0. The molecule has 2 heterocycles. The van der Waals surface area contributed by atoms with Crippen LogP contribution in [-0.4, -0.2) is 42.0 Å². The lowest BCUT2D eigenvalue weighted by Gasteiger charge is -2.06. The number of amides is 1. The fourth-order valence-corrected chi connectivity index (χ4v) is 5.16. The van der Waals surface area contributed by atoms with Crippen LogP contribution in [0.4, 0.5) is 5.00 Å². The summed E-state index contributed by atoms with van der Waals surface area (Å²) < 4.78 is 15.9. The summed E-state index contributed by atoms with van der Waals surface area (Å²) in [5, 5.41) is 11.7. The Kier molecular flexibility index (Phi) is 6.05. The van der Waals surface area contributed by atoms with Gasteiger partial charge in [0, 0.05) is 4.88 Å². The zero-order valence-corrected chi connectivity index (χ0v) is 18.0. The number of para-hydroxylation sites is 1. The van der Waals surface area contributed by atoms with E-state index in [1.54, 1.807) is 13.2 Å². The summed E-state index contributed by atoms with van der Waals surface area (Å²) in [5.74, 6) is 0.323. The Morgan fingerprint density at radius 1 is 1.23 bits per heavy atom. The van der Waals surface area contributed by atoms with Gasteiger partial charge in [-0.05, 0) is 37.0 Å². The molecule has 1 aliphatic rings. The van der Waals surface area contributed by atoms with E-state index in [-0.39, 0.29) is 16.9 Å². The van der Waals surface area contributed by atoms with Gasteiger partial charge >= 0.3 is 5.97 Å². The first-order chi connectivity index (χ1) is 14.6. The minimum Gasteiger partial charge on any atom is -0.496 e. The van der Waals surface area contributed by atoms with Crippen LogP contribution in [0.25, 0.3) is 11.5 Å². The summed E-state index contributed by atoms with van der Waals surface area (Å²) in [5.41, 5.74) is 2.15. The standard InChI is InChI=1S/C20H19N3O5S2/c1-26-13-8-4-3-6-11(13)17-22-23-20(28-17)29-10-15(24)21-18-16(19(25)27-2)12-7-5-9-14(12)30-18/h3-4,6,8H,5,7,9-10H2,1-2H3,(H,21,24). The number of aryl methyl sites for hydroxylation is 1.